The number of halogens is 4. The van der Waals surface area contributed by atoms with Crippen LogP contribution in [0.4, 0.5) is 13.2 Å². The van der Waals surface area contributed by atoms with Crippen molar-refractivity contribution in [1.29, 1.82) is 0 Å². The molecule has 0 amide bonds. The summed E-state index contributed by atoms with van der Waals surface area (Å²) in [6.45, 7) is 0. The minimum absolute atomic E-state index is 0.195. The Balaban J connectivity index is 2.45. The molecule has 0 saturated heterocycles. The lowest BCUT2D eigenvalue weighted by atomic mass is 10.0. The van der Waals surface area contributed by atoms with Crippen LogP contribution in [-0.2, 0) is 11.2 Å². The van der Waals surface area contributed by atoms with Gasteiger partial charge in [-0.3, -0.25) is 9.78 Å². The van der Waals surface area contributed by atoms with E-state index in [1.165, 1.54) is 24.4 Å². The molecule has 2 aromatic rings. The summed E-state index contributed by atoms with van der Waals surface area (Å²) in [5, 5.41) is 9.11. The van der Waals surface area contributed by atoms with Gasteiger partial charge < -0.3 is 9.84 Å². The zero-order valence-electron chi connectivity index (χ0n) is 10.9. The molecule has 0 bridgehead atoms. The Kier molecular flexibility index (Phi) is 4.56. The number of pyridine rings is 1. The van der Waals surface area contributed by atoms with Crippen LogP contribution in [0.1, 0.15) is 5.69 Å². The maximum Gasteiger partial charge on any atom is 0.573 e. The van der Waals surface area contributed by atoms with E-state index in [0.29, 0.717) is 11.1 Å². The number of carboxylic acids is 1. The van der Waals surface area contributed by atoms with Gasteiger partial charge in [-0.15, -0.1) is 13.2 Å². The van der Waals surface area contributed by atoms with Crippen LogP contribution < -0.4 is 4.74 Å². The fourth-order valence-corrected chi connectivity index (χ4v) is 2.02. The lowest BCUT2D eigenvalue weighted by molar-refractivity contribution is -0.274. The second-order valence-electron chi connectivity index (χ2n) is 4.29. The fraction of sp³-hybridized carbons (Fsp3) is 0.143. The van der Waals surface area contributed by atoms with Crippen LogP contribution in [-0.4, -0.2) is 22.4 Å². The predicted octanol–water partition coefficient (Wildman–Crippen LogP) is 3.93. The van der Waals surface area contributed by atoms with Gasteiger partial charge in [0.25, 0.3) is 0 Å². The first-order valence-corrected chi connectivity index (χ1v) is 6.35. The molecule has 0 spiro atoms. The van der Waals surface area contributed by atoms with Crippen molar-refractivity contribution in [2.24, 2.45) is 0 Å². The third-order valence-corrected chi connectivity index (χ3v) is 2.84. The van der Waals surface area contributed by atoms with Gasteiger partial charge in [0.05, 0.1) is 17.1 Å². The maximum absolute atomic E-state index is 12.3. The van der Waals surface area contributed by atoms with Gasteiger partial charge in [-0.05, 0) is 23.8 Å². The number of ether oxygens (including phenoxy) is 1. The van der Waals surface area contributed by atoms with Crippen molar-refractivity contribution < 1.29 is 27.8 Å². The van der Waals surface area contributed by atoms with Gasteiger partial charge in [-0.25, -0.2) is 0 Å². The molecular formula is C14H9ClF3NO3. The van der Waals surface area contributed by atoms with Crippen LogP contribution in [0.15, 0.2) is 36.5 Å². The summed E-state index contributed by atoms with van der Waals surface area (Å²) < 4.78 is 40.6. The molecule has 0 aliphatic carbocycles. The van der Waals surface area contributed by atoms with Crippen molar-refractivity contribution in [3.63, 3.8) is 0 Å². The minimum atomic E-state index is -4.81. The van der Waals surface area contributed by atoms with Crippen molar-refractivity contribution >= 4 is 17.6 Å². The van der Waals surface area contributed by atoms with Crippen molar-refractivity contribution in [1.82, 2.24) is 4.98 Å². The van der Waals surface area contributed by atoms with Crippen molar-refractivity contribution in [3.05, 3.63) is 47.2 Å². The first kappa shape index (κ1) is 16.1. The highest BCUT2D eigenvalue weighted by molar-refractivity contribution is 6.30. The standard InChI is InChI=1S/C14H9ClF3NO3/c15-9-5-11(12(19-7-9)6-13(20)21)8-2-1-3-10(4-8)22-14(16,17)18/h1-5,7H,6H2,(H,20,21). The van der Waals surface area contributed by atoms with E-state index in [4.69, 9.17) is 16.7 Å². The number of hydrogen-bond donors (Lipinski definition) is 1. The van der Waals surface area contributed by atoms with Crippen LogP contribution in [0, 0.1) is 0 Å². The normalized spacial score (nSPS) is 11.3. The molecule has 116 valence electrons. The highest BCUT2D eigenvalue weighted by Crippen LogP contribution is 2.30. The lowest BCUT2D eigenvalue weighted by Crippen LogP contribution is -2.17. The molecule has 0 unspecified atom stereocenters. The smallest absolute Gasteiger partial charge is 0.481 e. The SMILES string of the molecule is O=C(O)Cc1ncc(Cl)cc1-c1cccc(OC(F)(F)F)c1. The second-order valence-corrected chi connectivity index (χ2v) is 4.73. The molecule has 4 nitrogen and oxygen atoms in total. The predicted molar refractivity (Wildman–Crippen MR) is 72.7 cm³/mol. The minimum Gasteiger partial charge on any atom is -0.481 e. The summed E-state index contributed by atoms with van der Waals surface area (Å²) in [6.07, 6.45) is -3.91. The average Bonchev–Trinajstić information content (AvgIpc) is 2.38. The molecule has 1 aromatic heterocycles. The van der Waals surface area contributed by atoms with Gasteiger partial charge in [-0.2, -0.15) is 0 Å². The summed E-state index contributed by atoms with van der Waals surface area (Å²) in [4.78, 5) is 14.8. The molecule has 22 heavy (non-hydrogen) atoms. The van der Waals surface area contributed by atoms with E-state index in [2.05, 4.69) is 9.72 Å². The Bertz CT molecular complexity index is 704. The molecule has 0 radical (unpaired) electrons. The van der Waals surface area contributed by atoms with E-state index < -0.39 is 18.1 Å². The first-order valence-electron chi connectivity index (χ1n) is 5.97. The van der Waals surface area contributed by atoms with Crippen molar-refractivity contribution in [2.45, 2.75) is 12.8 Å². The van der Waals surface area contributed by atoms with Crippen molar-refractivity contribution in [2.75, 3.05) is 0 Å². The van der Waals surface area contributed by atoms with E-state index in [0.717, 1.165) is 12.1 Å². The van der Waals surface area contributed by atoms with Crippen LogP contribution >= 0.6 is 11.6 Å². The van der Waals surface area contributed by atoms with E-state index in [1.54, 1.807) is 0 Å². The largest absolute Gasteiger partial charge is 0.573 e. The molecule has 0 aliphatic rings. The molecule has 1 N–H and O–H groups in total. The van der Waals surface area contributed by atoms with Crippen LogP contribution in [0.5, 0.6) is 5.75 Å². The Hall–Kier alpha value is -2.28. The van der Waals surface area contributed by atoms with E-state index in [9.17, 15) is 18.0 Å². The van der Waals surface area contributed by atoms with Crippen LogP contribution in [0.25, 0.3) is 11.1 Å². The molecule has 1 heterocycles. The third-order valence-electron chi connectivity index (χ3n) is 2.63. The summed E-state index contributed by atoms with van der Waals surface area (Å²) in [6, 6.07) is 6.61. The van der Waals surface area contributed by atoms with E-state index in [1.807, 2.05) is 0 Å². The van der Waals surface area contributed by atoms with Crippen LogP contribution in [0.3, 0.4) is 0 Å². The number of rotatable bonds is 4. The first-order chi connectivity index (χ1) is 10.2. The lowest BCUT2D eigenvalue weighted by Gasteiger charge is -2.12. The maximum atomic E-state index is 12.3. The Morgan fingerprint density at radius 2 is 2.05 bits per heavy atom. The van der Waals surface area contributed by atoms with Gasteiger partial charge in [0, 0.05) is 11.8 Å². The number of aliphatic carboxylic acids is 1. The summed E-state index contributed by atoms with van der Waals surface area (Å²) in [5.41, 5.74) is 0.858. The zero-order valence-corrected chi connectivity index (χ0v) is 11.6. The molecule has 8 heteroatoms. The Morgan fingerprint density at radius 1 is 1.32 bits per heavy atom. The third kappa shape index (κ3) is 4.36. The number of benzene rings is 1. The van der Waals surface area contributed by atoms with Gasteiger partial charge in [0.1, 0.15) is 5.75 Å². The number of hydrogen-bond acceptors (Lipinski definition) is 3. The average molecular weight is 332 g/mol. The number of carbonyl (C=O) groups is 1. The zero-order chi connectivity index (χ0) is 16.3. The second kappa shape index (κ2) is 6.23. The van der Waals surface area contributed by atoms with Gasteiger partial charge in [0.15, 0.2) is 0 Å². The highest BCUT2D eigenvalue weighted by Gasteiger charge is 2.31. The van der Waals surface area contributed by atoms with Crippen LogP contribution in [0.2, 0.25) is 5.02 Å². The molecular weight excluding hydrogens is 323 g/mol. The topological polar surface area (TPSA) is 59.4 Å². The van der Waals surface area contributed by atoms with Crippen molar-refractivity contribution in [3.8, 4) is 16.9 Å². The fourth-order valence-electron chi connectivity index (χ4n) is 1.86. The molecule has 0 fully saturated rings. The molecule has 2 rings (SSSR count). The molecule has 1 aromatic carbocycles. The molecule has 0 saturated carbocycles. The van der Waals surface area contributed by atoms with Gasteiger partial charge in [-0.1, -0.05) is 23.7 Å². The van der Waals surface area contributed by atoms with E-state index in [-0.39, 0.29) is 17.1 Å². The van der Waals surface area contributed by atoms with Gasteiger partial charge in [0.2, 0.25) is 0 Å². The summed E-state index contributed by atoms with van der Waals surface area (Å²) in [5.74, 6) is -1.52. The number of nitrogens with zero attached hydrogens (tertiary/aromatic N) is 1. The summed E-state index contributed by atoms with van der Waals surface area (Å²) >= 11 is 5.83. The number of alkyl halides is 3. The number of aromatic nitrogens is 1. The number of carboxylic acid groups (broad SMARTS) is 1. The summed E-state index contributed by atoms with van der Waals surface area (Å²) in [7, 11) is 0. The Morgan fingerprint density at radius 3 is 2.68 bits per heavy atom. The molecule has 0 atom stereocenters. The Labute approximate surface area is 128 Å². The molecule has 0 aliphatic heterocycles. The highest BCUT2D eigenvalue weighted by atomic mass is 35.5. The van der Waals surface area contributed by atoms with Gasteiger partial charge >= 0.3 is 12.3 Å². The van der Waals surface area contributed by atoms with E-state index >= 15 is 0 Å². The monoisotopic (exact) mass is 331 g/mol. The quantitative estimate of drug-likeness (QED) is 0.922.